The molecule has 0 aliphatic carbocycles. The summed E-state index contributed by atoms with van der Waals surface area (Å²) in [6, 6.07) is 4.43. The van der Waals surface area contributed by atoms with Crippen LogP contribution in [-0.2, 0) is 6.54 Å². The van der Waals surface area contributed by atoms with E-state index in [1.54, 1.807) is 10.7 Å². The molecule has 1 atom stereocenters. The zero-order valence-electron chi connectivity index (χ0n) is 10.9. The van der Waals surface area contributed by atoms with E-state index < -0.39 is 11.9 Å². The number of rotatable bonds is 5. The summed E-state index contributed by atoms with van der Waals surface area (Å²) >= 11 is 0. The monoisotopic (exact) mass is 265 g/mol. The first-order valence-corrected chi connectivity index (χ1v) is 6.07. The van der Waals surface area contributed by atoms with Gasteiger partial charge in [-0.25, -0.2) is 9.07 Å². The quantitative estimate of drug-likeness (QED) is 0.897. The van der Waals surface area contributed by atoms with Crippen molar-refractivity contribution < 1.29 is 14.2 Å². The Morgan fingerprint density at radius 2 is 2.26 bits per heavy atom. The van der Waals surface area contributed by atoms with Crippen LogP contribution < -0.4 is 4.74 Å². The molecule has 0 aliphatic heterocycles. The molecule has 0 spiro atoms. The van der Waals surface area contributed by atoms with Crippen molar-refractivity contribution in [2.24, 2.45) is 0 Å². The molecule has 0 saturated heterocycles. The minimum Gasteiger partial charge on any atom is -0.496 e. The van der Waals surface area contributed by atoms with Gasteiger partial charge in [-0.05, 0) is 18.6 Å². The molecule has 0 amide bonds. The first kappa shape index (κ1) is 13.5. The third-order valence-corrected chi connectivity index (χ3v) is 2.87. The van der Waals surface area contributed by atoms with Gasteiger partial charge in [-0.15, -0.1) is 5.10 Å². The largest absolute Gasteiger partial charge is 0.496 e. The van der Waals surface area contributed by atoms with E-state index in [2.05, 4.69) is 10.3 Å². The number of ether oxygens (including phenoxy) is 1. The predicted molar refractivity (Wildman–Crippen MR) is 67.3 cm³/mol. The van der Waals surface area contributed by atoms with Crippen LogP contribution in [0.15, 0.2) is 24.4 Å². The van der Waals surface area contributed by atoms with Crippen LogP contribution >= 0.6 is 0 Å². The van der Waals surface area contributed by atoms with Crippen molar-refractivity contribution in [1.29, 1.82) is 0 Å². The lowest BCUT2D eigenvalue weighted by Crippen LogP contribution is -2.12. The molecular weight excluding hydrogens is 249 g/mol. The van der Waals surface area contributed by atoms with Gasteiger partial charge in [0.1, 0.15) is 17.7 Å². The van der Waals surface area contributed by atoms with Gasteiger partial charge in [-0.3, -0.25) is 0 Å². The second-order valence-electron chi connectivity index (χ2n) is 4.14. The van der Waals surface area contributed by atoms with E-state index in [1.807, 2.05) is 6.92 Å². The molecule has 1 aromatic carbocycles. The van der Waals surface area contributed by atoms with Crippen LogP contribution in [0.1, 0.15) is 30.7 Å². The Hall–Kier alpha value is -1.95. The number of nitrogens with zero attached hydrogens (tertiary/aromatic N) is 3. The summed E-state index contributed by atoms with van der Waals surface area (Å²) in [4.78, 5) is 0. The maximum atomic E-state index is 13.9. The van der Waals surface area contributed by atoms with Crippen LogP contribution in [0.3, 0.4) is 0 Å². The van der Waals surface area contributed by atoms with Crippen molar-refractivity contribution in [3.63, 3.8) is 0 Å². The molecule has 2 rings (SSSR count). The van der Waals surface area contributed by atoms with Crippen molar-refractivity contribution >= 4 is 0 Å². The van der Waals surface area contributed by atoms with E-state index in [4.69, 9.17) is 4.74 Å². The maximum Gasteiger partial charge on any atom is 0.133 e. The Kier molecular flexibility index (Phi) is 4.11. The predicted octanol–water partition coefficient (Wildman–Crippen LogP) is 1.92. The van der Waals surface area contributed by atoms with E-state index in [0.29, 0.717) is 18.0 Å². The number of aryl methyl sites for hydroxylation is 1. The average molecular weight is 265 g/mol. The minimum atomic E-state index is -1.15. The van der Waals surface area contributed by atoms with Crippen molar-refractivity contribution in [2.45, 2.75) is 26.0 Å². The molecular formula is C13H16FN3O2. The molecule has 1 aromatic heterocycles. The molecule has 0 bridgehead atoms. The Labute approximate surface area is 110 Å². The lowest BCUT2D eigenvalue weighted by atomic mass is 10.0. The van der Waals surface area contributed by atoms with Crippen LogP contribution in [0.4, 0.5) is 4.39 Å². The summed E-state index contributed by atoms with van der Waals surface area (Å²) in [6.07, 6.45) is 1.13. The number of hydrogen-bond acceptors (Lipinski definition) is 4. The van der Waals surface area contributed by atoms with E-state index in [0.717, 1.165) is 6.42 Å². The zero-order valence-corrected chi connectivity index (χ0v) is 10.9. The van der Waals surface area contributed by atoms with Crippen LogP contribution in [0, 0.1) is 5.82 Å². The number of aromatic nitrogens is 3. The highest BCUT2D eigenvalue weighted by Crippen LogP contribution is 2.31. The Balaban J connectivity index is 2.43. The molecule has 2 aromatic rings. The van der Waals surface area contributed by atoms with Gasteiger partial charge < -0.3 is 9.84 Å². The third kappa shape index (κ3) is 2.58. The number of aliphatic hydroxyl groups excluding tert-OH is 1. The second kappa shape index (κ2) is 5.79. The van der Waals surface area contributed by atoms with Gasteiger partial charge in [-0.1, -0.05) is 18.2 Å². The van der Waals surface area contributed by atoms with E-state index in [-0.39, 0.29) is 5.56 Å². The van der Waals surface area contributed by atoms with Crippen molar-refractivity contribution in [3.05, 3.63) is 41.5 Å². The van der Waals surface area contributed by atoms with Gasteiger partial charge in [0.15, 0.2) is 0 Å². The standard InChI is InChI=1S/C13H16FN3O2/c1-3-7-17-10(8-15-16-17)13(18)12-9(14)5-4-6-11(12)19-2/h4-6,8,13,18H,3,7H2,1-2H3. The minimum absolute atomic E-state index is 0.102. The fourth-order valence-electron chi connectivity index (χ4n) is 1.97. The number of halogens is 1. The number of methoxy groups -OCH3 is 1. The van der Waals surface area contributed by atoms with Crippen LogP contribution in [0.2, 0.25) is 0 Å². The third-order valence-electron chi connectivity index (χ3n) is 2.87. The summed E-state index contributed by atoms with van der Waals surface area (Å²) in [6.45, 7) is 2.60. The first-order valence-electron chi connectivity index (χ1n) is 6.07. The average Bonchev–Trinajstić information content (AvgIpc) is 2.86. The Morgan fingerprint density at radius 3 is 2.95 bits per heavy atom. The van der Waals surface area contributed by atoms with Gasteiger partial charge in [-0.2, -0.15) is 0 Å². The molecule has 6 heteroatoms. The Bertz CT molecular complexity index is 557. The Morgan fingerprint density at radius 1 is 1.47 bits per heavy atom. The molecule has 0 saturated carbocycles. The van der Waals surface area contributed by atoms with E-state index in [1.165, 1.54) is 25.4 Å². The molecule has 1 N–H and O–H groups in total. The van der Waals surface area contributed by atoms with Crippen LogP contribution in [0.25, 0.3) is 0 Å². The molecule has 0 fully saturated rings. The fraction of sp³-hybridized carbons (Fsp3) is 0.385. The van der Waals surface area contributed by atoms with Gasteiger partial charge in [0.05, 0.1) is 24.6 Å². The SMILES string of the molecule is CCCn1nncc1C(O)c1c(F)cccc1OC. The molecule has 102 valence electrons. The second-order valence-corrected chi connectivity index (χ2v) is 4.14. The van der Waals surface area contributed by atoms with Crippen molar-refractivity contribution in [1.82, 2.24) is 15.0 Å². The molecule has 5 nitrogen and oxygen atoms in total. The smallest absolute Gasteiger partial charge is 0.133 e. The van der Waals surface area contributed by atoms with E-state index >= 15 is 0 Å². The normalized spacial score (nSPS) is 12.4. The molecule has 19 heavy (non-hydrogen) atoms. The van der Waals surface area contributed by atoms with Crippen molar-refractivity contribution in [2.75, 3.05) is 7.11 Å². The highest BCUT2D eigenvalue weighted by molar-refractivity contribution is 5.39. The molecule has 0 aliphatic rings. The summed E-state index contributed by atoms with van der Waals surface area (Å²) in [7, 11) is 1.44. The molecule has 0 radical (unpaired) electrons. The van der Waals surface area contributed by atoms with Gasteiger partial charge in [0.2, 0.25) is 0 Å². The van der Waals surface area contributed by atoms with Gasteiger partial charge in [0.25, 0.3) is 0 Å². The number of aliphatic hydroxyl groups is 1. The number of benzene rings is 1. The highest BCUT2D eigenvalue weighted by atomic mass is 19.1. The fourth-order valence-corrected chi connectivity index (χ4v) is 1.97. The maximum absolute atomic E-state index is 13.9. The highest BCUT2D eigenvalue weighted by Gasteiger charge is 2.23. The van der Waals surface area contributed by atoms with Gasteiger partial charge >= 0.3 is 0 Å². The topological polar surface area (TPSA) is 60.2 Å². The van der Waals surface area contributed by atoms with E-state index in [9.17, 15) is 9.50 Å². The van der Waals surface area contributed by atoms with Gasteiger partial charge in [0, 0.05) is 6.54 Å². The number of hydrogen-bond donors (Lipinski definition) is 1. The first-order chi connectivity index (χ1) is 9.19. The lowest BCUT2D eigenvalue weighted by Gasteiger charge is -2.16. The molecule has 1 heterocycles. The molecule has 1 unspecified atom stereocenters. The summed E-state index contributed by atoms with van der Waals surface area (Å²) < 4.78 is 20.6. The van der Waals surface area contributed by atoms with Crippen LogP contribution in [0.5, 0.6) is 5.75 Å². The lowest BCUT2D eigenvalue weighted by molar-refractivity contribution is 0.197. The summed E-state index contributed by atoms with van der Waals surface area (Å²) in [5.41, 5.74) is 0.551. The summed E-state index contributed by atoms with van der Waals surface area (Å²) in [5.74, 6) is -0.215. The van der Waals surface area contributed by atoms with Crippen molar-refractivity contribution in [3.8, 4) is 5.75 Å². The zero-order chi connectivity index (χ0) is 13.8. The van der Waals surface area contributed by atoms with Crippen LogP contribution in [-0.4, -0.2) is 27.2 Å². The summed E-state index contributed by atoms with van der Waals surface area (Å²) in [5, 5.41) is 18.0.